The van der Waals surface area contributed by atoms with Gasteiger partial charge >= 0.3 is 0 Å². The van der Waals surface area contributed by atoms with Crippen LogP contribution in [0.1, 0.15) is 29.3 Å². The van der Waals surface area contributed by atoms with Crippen molar-refractivity contribution in [2.75, 3.05) is 17.7 Å². The zero-order valence-electron chi connectivity index (χ0n) is 24.3. The Bertz CT molecular complexity index is 1820. The largest absolute Gasteiger partial charge is 0.497 e. The number of thioether (sulfide) groups is 1. The highest BCUT2D eigenvalue weighted by molar-refractivity contribution is 8.00. The molecule has 222 valence electrons. The maximum absolute atomic E-state index is 13.5. The number of hydrogen-bond donors (Lipinski definition) is 4. The van der Waals surface area contributed by atoms with Gasteiger partial charge in [0.05, 0.1) is 12.4 Å². The van der Waals surface area contributed by atoms with Gasteiger partial charge < -0.3 is 25.7 Å². The van der Waals surface area contributed by atoms with Gasteiger partial charge in [-0.3, -0.25) is 14.4 Å². The molecule has 1 unspecified atom stereocenters. The topological polar surface area (TPSA) is 112 Å². The van der Waals surface area contributed by atoms with Crippen molar-refractivity contribution in [3.05, 3.63) is 126 Å². The van der Waals surface area contributed by atoms with Gasteiger partial charge in [0, 0.05) is 33.5 Å². The van der Waals surface area contributed by atoms with Gasteiger partial charge in [0.1, 0.15) is 11.4 Å². The lowest BCUT2D eigenvalue weighted by atomic mass is 10.1. The van der Waals surface area contributed by atoms with Gasteiger partial charge in [-0.15, -0.1) is 11.8 Å². The van der Waals surface area contributed by atoms with Crippen LogP contribution in [0, 0.1) is 0 Å². The van der Waals surface area contributed by atoms with Crippen LogP contribution >= 0.6 is 11.8 Å². The molecule has 44 heavy (non-hydrogen) atoms. The van der Waals surface area contributed by atoms with E-state index in [1.165, 1.54) is 11.8 Å². The van der Waals surface area contributed by atoms with Crippen LogP contribution in [-0.4, -0.2) is 35.1 Å². The molecule has 0 bridgehead atoms. The van der Waals surface area contributed by atoms with Crippen molar-refractivity contribution in [3.8, 4) is 5.75 Å². The average molecular weight is 605 g/mol. The lowest BCUT2D eigenvalue weighted by Crippen LogP contribution is -2.30. The fourth-order valence-corrected chi connectivity index (χ4v) is 5.53. The fraction of sp³-hybridized carbons (Fsp3) is 0.114. The monoisotopic (exact) mass is 604 g/mol. The van der Waals surface area contributed by atoms with Gasteiger partial charge in [0.15, 0.2) is 0 Å². The molecular weight excluding hydrogens is 572 g/mol. The summed E-state index contributed by atoms with van der Waals surface area (Å²) in [7, 11) is 1.56. The van der Waals surface area contributed by atoms with E-state index in [4.69, 9.17) is 4.74 Å². The number of hydrogen-bond acceptors (Lipinski definition) is 5. The molecule has 0 spiro atoms. The van der Waals surface area contributed by atoms with Gasteiger partial charge in [-0.05, 0) is 84.1 Å². The second-order valence-corrected chi connectivity index (χ2v) is 11.2. The van der Waals surface area contributed by atoms with Crippen molar-refractivity contribution in [1.29, 1.82) is 0 Å². The maximum Gasteiger partial charge on any atom is 0.272 e. The lowest BCUT2D eigenvalue weighted by Gasteiger charge is -2.16. The quantitative estimate of drug-likeness (QED) is 0.0950. The molecular formula is C35H32N4O4S. The number of aromatic amines is 1. The van der Waals surface area contributed by atoms with E-state index >= 15 is 0 Å². The number of ether oxygens (including phenoxy) is 1. The second kappa shape index (κ2) is 14.3. The van der Waals surface area contributed by atoms with E-state index in [0.29, 0.717) is 29.0 Å². The predicted octanol–water partition coefficient (Wildman–Crippen LogP) is 7.10. The molecule has 0 aliphatic rings. The highest BCUT2D eigenvalue weighted by Gasteiger charge is 2.20. The molecule has 0 fully saturated rings. The summed E-state index contributed by atoms with van der Waals surface area (Å²) in [4.78, 5) is 43.6. The van der Waals surface area contributed by atoms with Crippen LogP contribution in [0.15, 0.2) is 120 Å². The molecule has 1 heterocycles. The Kier molecular flexibility index (Phi) is 9.78. The first kappa shape index (κ1) is 30.2. The summed E-state index contributed by atoms with van der Waals surface area (Å²) < 4.78 is 5.31. The average Bonchev–Trinajstić information content (AvgIpc) is 3.52. The first-order valence-corrected chi connectivity index (χ1v) is 15.0. The molecule has 8 nitrogen and oxygen atoms in total. The van der Waals surface area contributed by atoms with Crippen LogP contribution in [0.25, 0.3) is 17.0 Å². The number of nitrogens with one attached hydrogen (secondary N) is 4. The third kappa shape index (κ3) is 7.76. The van der Waals surface area contributed by atoms with E-state index in [0.717, 1.165) is 21.5 Å². The number of anilines is 2. The summed E-state index contributed by atoms with van der Waals surface area (Å²) in [5, 5.41) is 9.38. The van der Waals surface area contributed by atoms with Crippen LogP contribution in [0.2, 0.25) is 0 Å². The minimum absolute atomic E-state index is 0.0648. The first-order valence-electron chi connectivity index (χ1n) is 14.1. The van der Waals surface area contributed by atoms with E-state index in [1.54, 1.807) is 61.7 Å². The molecule has 0 saturated carbocycles. The number of fused-ring (bicyclic) bond motifs is 1. The summed E-state index contributed by atoms with van der Waals surface area (Å²) in [6.07, 6.45) is 4.07. The molecule has 5 rings (SSSR count). The van der Waals surface area contributed by atoms with Crippen LogP contribution in [0.3, 0.4) is 0 Å². The molecule has 5 aromatic rings. The number of H-pyrrole nitrogens is 1. The molecule has 0 aliphatic heterocycles. The molecule has 3 amide bonds. The smallest absolute Gasteiger partial charge is 0.272 e. The number of amides is 3. The van der Waals surface area contributed by atoms with Crippen molar-refractivity contribution in [1.82, 2.24) is 10.3 Å². The van der Waals surface area contributed by atoms with Crippen molar-refractivity contribution >= 4 is 57.8 Å². The second-order valence-electron chi connectivity index (χ2n) is 9.92. The first-order chi connectivity index (χ1) is 21.4. The molecule has 4 aromatic carbocycles. The van der Waals surface area contributed by atoms with Gasteiger partial charge in [0.2, 0.25) is 5.91 Å². The number of carbonyl (C=O) groups excluding carboxylic acids is 3. The van der Waals surface area contributed by atoms with Crippen LogP contribution in [0.5, 0.6) is 5.75 Å². The number of aromatic nitrogens is 1. The van der Waals surface area contributed by atoms with Crippen molar-refractivity contribution in [2.45, 2.75) is 23.5 Å². The summed E-state index contributed by atoms with van der Waals surface area (Å²) in [6.45, 7) is 1.96. The van der Waals surface area contributed by atoms with Gasteiger partial charge in [0.25, 0.3) is 11.8 Å². The Balaban J connectivity index is 1.31. The zero-order valence-corrected chi connectivity index (χ0v) is 25.1. The Morgan fingerprint density at radius 1 is 0.864 bits per heavy atom. The standard InChI is InChI=1S/C35H32N4O4S/c1-3-32(35(42)38-27-16-15-24-17-18-36-30(24)22-27)44-29-14-8-12-26(21-29)37-34(41)31(20-23-9-7-13-28(19-23)43-2)39-33(40)25-10-5-4-6-11-25/h4-22,32,36H,3H2,1-2H3,(H,37,41)(H,38,42)(H,39,40)/b31-20-. The third-order valence-corrected chi connectivity index (χ3v) is 8.15. The molecule has 9 heteroatoms. The normalized spacial score (nSPS) is 11.9. The molecule has 0 aliphatic carbocycles. The zero-order chi connectivity index (χ0) is 30.9. The molecule has 4 N–H and O–H groups in total. The molecule has 0 saturated heterocycles. The molecule has 1 atom stereocenters. The van der Waals surface area contributed by atoms with Gasteiger partial charge in [-0.2, -0.15) is 0 Å². The molecule has 1 aromatic heterocycles. The molecule has 0 radical (unpaired) electrons. The predicted molar refractivity (Wildman–Crippen MR) is 177 cm³/mol. The van der Waals surface area contributed by atoms with E-state index in [2.05, 4.69) is 20.9 Å². The van der Waals surface area contributed by atoms with Crippen molar-refractivity contribution < 1.29 is 19.1 Å². The van der Waals surface area contributed by atoms with Crippen LogP contribution < -0.4 is 20.7 Å². The summed E-state index contributed by atoms with van der Waals surface area (Å²) >= 11 is 1.42. The van der Waals surface area contributed by atoms with E-state index in [1.807, 2.05) is 67.7 Å². The number of methoxy groups -OCH3 is 1. The van der Waals surface area contributed by atoms with E-state index in [-0.39, 0.29) is 16.9 Å². The Labute approximate surface area is 259 Å². The van der Waals surface area contributed by atoms with Crippen molar-refractivity contribution in [3.63, 3.8) is 0 Å². The Morgan fingerprint density at radius 2 is 1.66 bits per heavy atom. The number of rotatable bonds is 11. The van der Waals surface area contributed by atoms with Gasteiger partial charge in [-0.1, -0.05) is 49.4 Å². The van der Waals surface area contributed by atoms with E-state index < -0.39 is 11.8 Å². The highest BCUT2D eigenvalue weighted by atomic mass is 32.2. The Hall–Kier alpha value is -5.28. The minimum atomic E-state index is -0.497. The van der Waals surface area contributed by atoms with Crippen LogP contribution in [0.4, 0.5) is 11.4 Å². The maximum atomic E-state index is 13.5. The highest BCUT2D eigenvalue weighted by Crippen LogP contribution is 2.29. The number of benzene rings is 4. The van der Waals surface area contributed by atoms with E-state index in [9.17, 15) is 14.4 Å². The minimum Gasteiger partial charge on any atom is -0.497 e. The summed E-state index contributed by atoms with van der Waals surface area (Å²) in [5.74, 6) is -0.392. The third-order valence-electron chi connectivity index (χ3n) is 6.79. The fourth-order valence-electron chi connectivity index (χ4n) is 4.52. The van der Waals surface area contributed by atoms with Crippen molar-refractivity contribution in [2.24, 2.45) is 0 Å². The SMILES string of the molecule is CCC(Sc1cccc(NC(=O)/C(=C/c2cccc(OC)c2)NC(=O)c2ccccc2)c1)C(=O)Nc1ccc2cc[nH]c2c1. The summed E-state index contributed by atoms with van der Waals surface area (Å²) in [6, 6.07) is 30.9. The lowest BCUT2D eigenvalue weighted by molar-refractivity contribution is -0.116. The van der Waals surface area contributed by atoms with Gasteiger partial charge in [-0.25, -0.2) is 0 Å². The Morgan fingerprint density at radius 3 is 2.45 bits per heavy atom. The number of carbonyl (C=O) groups is 3. The van der Waals surface area contributed by atoms with Crippen LogP contribution in [-0.2, 0) is 9.59 Å². The summed E-state index contributed by atoms with van der Waals surface area (Å²) in [5.41, 5.74) is 3.36.